The highest BCUT2D eigenvalue weighted by Crippen LogP contribution is 2.29. The Morgan fingerprint density at radius 2 is 1.69 bits per heavy atom. The number of alkyl carbamates (subject to hydrolysis) is 1. The molecule has 2 heterocycles. The van der Waals surface area contributed by atoms with Crippen molar-refractivity contribution in [3.05, 3.63) is 101 Å². The van der Waals surface area contributed by atoms with Crippen LogP contribution in [0.1, 0.15) is 34.0 Å². The number of hydrogen-bond acceptors (Lipinski definition) is 5. The van der Waals surface area contributed by atoms with E-state index in [0.717, 1.165) is 27.6 Å². The van der Waals surface area contributed by atoms with E-state index < -0.39 is 12.1 Å². The molecule has 2 amide bonds. The molecule has 5 rings (SSSR count). The van der Waals surface area contributed by atoms with Crippen LogP contribution in [0.2, 0.25) is 0 Å². The maximum absolute atomic E-state index is 13.7. The molecule has 1 aromatic heterocycles. The van der Waals surface area contributed by atoms with Crippen LogP contribution in [0.5, 0.6) is 0 Å². The van der Waals surface area contributed by atoms with Gasteiger partial charge in [-0.1, -0.05) is 66.7 Å². The predicted molar refractivity (Wildman–Crippen MR) is 134 cm³/mol. The van der Waals surface area contributed by atoms with E-state index in [0.29, 0.717) is 25.0 Å². The monoisotopic (exact) mass is 482 g/mol. The highest BCUT2D eigenvalue weighted by molar-refractivity contribution is 5.93. The largest absolute Gasteiger partial charge is 0.445 e. The standard InChI is InChI=1S/C28H26N4O4/c1-19(33)32-26-13-12-22-14-25(30-28(35)36-18-21-10-6-3-7-11-21)27(34)31(16-20-8-4-2-5-9-20)17-24(22)23(26)15-29-32/h2-13,15,25H,14,16-18H2,1H3,(H,30,35). The molecule has 3 aromatic carbocycles. The topological polar surface area (TPSA) is 93.5 Å². The summed E-state index contributed by atoms with van der Waals surface area (Å²) < 4.78 is 6.75. The molecule has 1 aliphatic rings. The molecule has 4 aromatic rings. The first-order valence-electron chi connectivity index (χ1n) is 11.8. The molecule has 8 heteroatoms. The van der Waals surface area contributed by atoms with Crippen LogP contribution in [0.3, 0.4) is 0 Å². The van der Waals surface area contributed by atoms with E-state index in [9.17, 15) is 14.4 Å². The van der Waals surface area contributed by atoms with Gasteiger partial charge in [0.2, 0.25) is 11.8 Å². The Morgan fingerprint density at radius 3 is 2.39 bits per heavy atom. The number of fused-ring (bicyclic) bond motifs is 3. The molecule has 0 spiro atoms. The highest BCUT2D eigenvalue weighted by Gasteiger charge is 2.32. The number of carbonyl (C=O) groups excluding carboxylic acids is 3. The molecular weight excluding hydrogens is 456 g/mol. The van der Waals surface area contributed by atoms with E-state index in [1.54, 1.807) is 11.1 Å². The summed E-state index contributed by atoms with van der Waals surface area (Å²) in [7, 11) is 0. The van der Waals surface area contributed by atoms with Gasteiger partial charge in [-0.05, 0) is 28.3 Å². The third-order valence-corrected chi connectivity index (χ3v) is 6.36. The van der Waals surface area contributed by atoms with Gasteiger partial charge in [-0.25, -0.2) is 9.48 Å². The lowest BCUT2D eigenvalue weighted by atomic mass is 9.99. The quantitative estimate of drug-likeness (QED) is 0.463. The fourth-order valence-electron chi connectivity index (χ4n) is 4.59. The van der Waals surface area contributed by atoms with Gasteiger partial charge in [0.05, 0.1) is 11.7 Å². The Bertz CT molecular complexity index is 1420. The van der Waals surface area contributed by atoms with Crippen LogP contribution in [-0.4, -0.2) is 38.6 Å². The van der Waals surface area contributed by atoms with E-state index in [2.05, 4.69) is 10.4 Å². The average Bonchev–Trinajstić information content (AvgIpc) is 3.28. The average molecular weight is 483 g/mol. The molecule has 0 aliphatic carbocycles. The molecule has 1 aliphatic heterocycles. The molecule has 8 nitrogen and oxygen atoms in total. The number of nitrogens with one attached hydrogen (secondary N) is 1. The zero-order valence-electron chi connectivity index (χ0n) is 19.9. The Balaban J connectivity index is 1.44. The Hall–Kier alpha value is -4.46. The first-order valence-corrected chi connectivity index (χ1v) is 11.8. The minimum absolute atomic E-state index is 0.114. The first-order chi connectivity index (χ1) is 17.5. The summed E-state index contributed by atoms with van der Waals surface area (Å²) in [5, 5.41) is 7.86. The first kappa shape index (κ1) is 23.3. The van der Waals surface area contributed by atoms with Crippen molar-refractivity contribution < 1.29 is 19.1 Å². The summed E-state index contributed by atoms with van der Waals surface area (Å²) in [5.74, 6) is -0.379. The van der Waals surface area contributed by atoms with Crippen molar-refractivity contribution in [1.82, 2.24) is 20.0 Å². The lowest BCUT2D eigenvalue weighted by Gasteiger charge is -2.25. The van der Waals surface area contributed by atoms with Crippen LogP contribution < -0.4 is 5.32 Å². The molecular formula is C28H26N4O4. The van der Waals surface area contributed by atoms with Gasteiger partial charge >= 0.3 is 6.09 Å². The van der Waals surface area contributed by atoms with Crippen molar-refractivity contribution in [3.8, 4) is 0 Å². The molecule has 0 radical (unpaired) electrons. The second kappa shape index (κ2) is 10.0. The van der Waals surface area contributed by atoms with Gasteiger partial charge in [-0.2, -0.15) is 5.10 Å². The van der Waals surface area contributed by atoms with Crippen molar-refractivity contribution >= 4 is 28.8 Å². The second-order valence-corrected chi connectivity index (χ2v) is 8.85. The van der Waals surface area contributed by atoms with E-state index >= 15 is 0 Å². The van der Waals surface area contributed by atoms with E-state index in [1.165, 1.54) is 11.6 Å². The molecule has 1 atom stereocenters. The molecule has 182 valence electrons. The van der Waals surface area contributed by atoms with Crippen LogP contribution in [-0.2, 0) is 35.6 Å². The summed E-state index contributed by atoms with van der Waals surface area (Å²) in [6, 6.07) is 22.0. The van der Waals surface area contributed by atoms with Crippen molar-refractivity contribution in [1.29, 1.82) is 0 Å². The molecule has 0 bridgehead atoms. The lowest BCUT2D eigenvalue weighted by Crippen LogP contribution is -2.48. The minimum atomic E-state index is -0.793. The molecule has 1 N–H and O–H groups in total. The Morgan fingerprint density at radius 1 is 1.00 bits per heavy atom. The SMILES string of the molecule is CC(=O)n1ncc2c3c(ccc21)CC(NC(=O)OCc1ccccc1)C(=O)N(Cc1ccccc1)C3. The summed E-state index contributed by atoms with van der Waals surface area (Å²) in [4.78, 5) is 40.1. The van der Waals surface area contributed by atoms with Gasteiger partial charge in [-0.3, -0.25) is 9.59 Å². The Labute approximate surface area is 208 Å². The van der Waals surface area contributed by atoms with Crippen molar-refractivity contribution in [2.75, 3.05) is 0 Å². The fraction of sp³-hybridized carbons (Fsp3) is 0.214. The summed E-state index contributed by atoms with van der Waals surface area (Å²) >= 11 is 0. The zero-order chi connectivity index (χ0) is 25.1. The highest BCUT2D eigenvalue weighted by atomic mass is 16.5. The number of amides is 2. The normalized spacial score (nSPS) is 15.3. The van der Waals surface area contributed by atoms with Crippen molar-refractivity contribution in [3.63, 3.8) is 0 Å². The van der Waals surface area contributed by atoms with Crippen LogP contribution >= 0.6 is 0 Å². The molecule has 36 heavy (non-hydrogen) atoms. The molecule has 0 saturated carbocycles. The smallest absolute Gasteiger partial charge is 0.408 e. The maximum atomic E-state index is 13.7. The molecule has 0 saturated heterocycles. The summed E-state index contributed by atoms with van der Waals surface area (Å²) in [5.41, 5.74) is 4.38. The summed E-state index contributed by atoms with van der Waals surface area (Å²) in [6.07, 6.45) is 1.33. The maximum Gasteiger partial charge on any atom is 0.408 e. The van der Waals surface area contributed by atoms with Crippen LogP contribution in [0, 0.1) is 0 Å². The number of carbonyl (C=O) groups is 3. The number of hydrogen-bond donors (Lipinski definition) is 1. The minimum Gasteiger partial charge on any atom is -0.445 e. The van der Waals surface area contributed by atoms with Gasteiger partial charge in [0.25, 0.3) is 0 Å². The van der Waals surface area contributed by atoms with Gasteiger partial charge in [-0.15, -0.1) is 0 Å². The van der Waals surface area contributed by atoms with Gasteiger partial charge in [0.15, 0.2) is 0 Å². The van der Waals surface area contributed by atoms with E-state index in [1.807, 2.05) is 72.8 Å². The van der Waals surface area contributed by atoms with Crippen LogP contribution in [0.15, 0.2) is 79.0 Å². The fourth-order valence-corrected chi connectivity index (χ4v) is 4.59. The number of benzene rings is 3. The predicted octanol–water partition coefficient (Wildman–Crippen LogP) is 4.08. The van der Waals surface area contributed by atoms with Gasteiger partial charge in [0.1, 0.15) is 12.6 Å². The summed E-state index contributed by atoms with van der Waals surface area (Å²) in [6.45, 7) is 2.29. The van der Waals surface area contributed by atoms with Crippen LogP contribution in [0.4, 0.5) is 4.79 Å². The van der Waals surface area contributed by atoms with E-state index in [4.69, 9.17) is 4.74 Å². The molecule has 0 fully saturated rings. The lowest BCUT2D eigenvalue weighted by molar-refractivity contribution is -0.134. The molecule has 1 unspecified atom stereocenters. The number of ether oxygens (including phenoxy) is 1. The second-order valence-electron chi connectivity index (χ2n) is 8.85. The third-order valence-electron chi connectivity index (χ3n) is 6.36. The van der Waals surface area contributed by atoms with Gasteiger partial charge < -0.3 is 15.0 Å². The van der Waals surface area contributed by atoms with Gasteiger partial charge in [0, 0.05) is 31.8 Å². The van der Waals surface area contributed by atoms with Crippen LogP contribution in [0.25, 0.3) is 10.9 Å². The Kier molecular flexibility index (Phi) is 6.49. The van der Waals surface area contributed by atoms with Crippen molar-refractivity contribution in [2.24, 2.45) is 0 Å². The number of rotatable bonds is 5. The zero-order valence-corrected chi connectivity index (χ0v) is 19.9. The number of nitrogens with zero attached hydrogens (tertiary/aromatic N) is 3. The van der Waals surface area contributed by atoms with Crippen molar-refractivity contribution in [2.45, 2.75) is 39.1 Å². The van der Waals surface area contributed by atoms with E-state index in [-0.39, 0.29) is 18.4 Å². The number of aromatic nitrogens is 2. The third kappa shape index (κ3) is 4.84.